The number of carbonyl (C=O) groups is 3. The van der Waals surface area contributed by atoms with Gasteiger partial charge in [-0.3, -0.25) is 19.4 Å². The fourth-order valence-electron chi connectivity index (χ4n) is 3.02. The molecule has 4 N–H and O–H groups in total. The number of hydrogen-bond donors (Lipinski definition) is 4. The van der Waals surface area contributed by atoms with Crippen molar-refractivity contribution in [3.63, 3.8) is 0 Å². The van der Waals surface area contributed by atoms with E-state index in [1.165, 1.54) is 48.5 Å². The second-order valence-corrected chi connectivity index (χ2v) is 9.19. The van der Waals surface area contributed by atoms with Gasteiger partial charge in [0.25, 0.3) is 27.7 Å². The van der Waals surface area contributed by atoms with Crippen LogP contribution < -0.4 is 15.4 Å². The number of pyridine rings is 1. The van der Waals surface area contributed by atoms with E-state index in [1.54, 1.807) is 12.1 Å². The molecule has 0 fully saturated rings. The summed E-state index contributed by atoms with van der Waals surface area (Å²) >= 11 is 0. The van der Waals surface area contributed by atoms with Crippen LogP contribution in [0.4, 0.5) is 4.39 Å². The molecule has 3 amide bonds. The minimum atomic E-state index is -4.24. The van der Waals surface area contributed by atoms with E-state index >= 15 is 0 Å². The van der Waals surface area contributed by atoms with Crippen molar-refractivity contribution >= 4 is 27.7 Å². The number of carbonyl (C=O) groups excluding carboxylic acids is 3. The standard InChI is InChI=1S/C24H23FN4O6S/c25-19-6-1-16(2-7-19)11-12-26-22(31)17-3-8-20(9-4-17)36(34,35)29-23(32)18-5-10-21(28-15-18)24(33)27-13-14-30/h1-10,15,30H,11-14H2,(H,26,31)(H,27,33)(H,29,32). The number of rotatable bonds is 10. The molecule has 2 aromatic carbocycles. The molecule has 0 radical (unpaired) electrons. The van der Waals surface area contributed by atoms with Crippen LogP contribution in [-0.4, -0.2) is 55.9 Å². The Balaban J connectivity index is 1.56. The first kappa shape index (κ1) is 26.4. The first-order chi connectivity index (χ1) is 17.2. The van der Waals surface area contributed by atoms with Crippen LogP contribution in [0.3, 0.4) is 0 Å². The van der Waals surface area contributed by atoms with Gasteiger partial charge >= 0.3 is 0 Å². The van der Waals surface area contributed by atoms with Gasteiger partial charge in [0.2, 0.25) is 0 Å². The lowest BCUT2D eigenvalue weighted by molar-refractivity contribution is 0.0934. The number of hydrogen-bond acceptors (Lipinski definition) is 7. The molecule has 10 nitrogen and oxygen atoms in total. The van der Waals surface area contributed by atoms with Crippen LogP contribution in [-0.2, 0) is 16.4 Å². The molecule has 3 aromatic rings. The molecule has 0 saturated heterocycles. The molecule has 1 heterocycles. The largest absolute Gasteiger partial charge is 0.395 e. The van der Waals surface area contributed by atoms with Gasteiger partial charge in [-0.25, -0.2) is 17.5 Å². The number of aromatic nitrogens is 1. The van der Waals surface area contributed by atoms with Gasteiger partial charge in [-0.1, -0.05) is 12.1 Å². The predicted molar refractivity (Wildman–Crippen MR) is 127 cm³/mol. The average Bonchev–Trinajstić information content (AvgIpc) is 2.88. The second kappa shape index (κ2) is 12.0. The van der Waals surface area contributed by atoms with E-state index < -0.39 is 27.7 Å². The third-order valence-corrected chi connectivity index (χ3v) is 6.27. The first-order valence-electron chi connectivity index (χ1n) is 10.7. The number of nitrogens with zero attached hydrogens (tertiary/aromatic N) is 1. The number of benzene rings is 2. The number of nitrogens with one attached hydrogen (secondary N) is 3. The van der Waals surface area contributed by atoms with Gasteiger partial charge in [-0.2, -0.15) is 0 Å². The van der Waals surface area contributed by atoms with E-state index in [4.69, 9.17) is 5.11 Å². The summed E-state index contributed by atoms with van der Waals surface area (Å²) in [6.07, 6.45) is 1.55. The molecule has 188 valence electrons. The Hall–Kier alpha value is -4.16. The summed E-state index contributed by atoms with van der Waals surface area (Å²) in [5, 5.41) is 13.8. The van der Waals surface area contributed by atoms with Crippen LogP contribution in [0, 0.1) is 5.82 Å². The molecule has 12 heteroatoms. The van der Waals surface area contributed by atoms with Crippen LogP contribution in [0.1, 0.15) is 36.8 Å². The Morgan fingerprint density at radius 3 is 2.06 bits per heavy atom. The summed E-state index contributed by atoms with van der Waals surface area (Å²) in [5.41, 5.74) is 0.978. The molecule has 1 aromatic heterocycles. The van der Waals surface area contributed by atoms with Gasteiger partial charge in [-0.15, -0.1) is 0 Å². The van der Waals surface area contributed by atoms with Crippen LogP contribution in [0.15, 0.2) is 71.8 Å². The Morgan fingerprint density at radius 1 is 0.806 bits per heavy atom. The van der Waals surface area contributed by atoms with Gasteiger partial charge < -0.3 is 15.7 Å². The molecule has 0 aliphatic carbocycles. The van der Waals surface area contributed by atoms with Crippen LogP contribution in [0.2, 0.25) is 0 Å². The van der Waals surface area contributed by atoms with E-state index in [-0.39, 0.29) is 40.7 Å². The smallest absolute Gasteiger partial charge is 0.269 e. The molecule has 0 unspecified atom stereocenters. The highest BCUT2D eigenvalue weighted by atomic mass is 32.2. The maximum atomic E-state index is 12.9. The summed E-state index contributed by atoms with van der Waals surface area (Å²) in [4.78, 5) is 40.1. The highest BCUT2D eigenvalue weighted by Crippen LogP contribution is 2.12. The first-order valence-corrected chi connectivity index (χ1v) is 12.2. The van der Waals surface area contributed by atoms with Crippen molar-refractivity contribution in [3.8, 4) is 0 Å². The molecule has 0 bridgehead atoms. The summed E-state index contributed by atoms with van der Waals surface area (Å²) in [7, 11) is -4.24. The van der Waals surface area contributed by atoms with Crippen molar-refractivity contribution in [1.82, 2.24) is 20.3 Å². The fourth-order valence-corrected chi connectivity index (χ4v) is 4.00. The number of aliphatic hydroxyl groups excluding tert-OH is 1. The average molecular weight is 515 g/mol. The van der Waals surface area contributed by atoms with Crippen molar-refractivity contribution in [1.29, 1.82) is 0 Å². The minimum absolute atomic E-state index is 0.00520. The van der Waals surface area contributed by atoms with Crippen molar-refractivity contribution < 1.29 is 32.3 Å². The molecule has 0 aliphatic rings. The normalized spacial score (nSPS) is 10.9. The number of aliphatic hydroxyl groups is 1. The number of sulfonamides is 1. The molecule has 3 rings (SSSR count). The quantitative estimate of drug-likeness (QED) is 0.315. The van der Waals surface area contributed by atoms with Crippen molar-refractivity contribution in [3.05, 3.63) is 95.1 Å². The van der Waals surface area contributed by atoms with Crippen molar-refractivity contribution in [2.75, 3.05) is 19.7 Å². The Labute approximate surface area is 206 Å². The van der Waals surface area contributed by atoms with E-state index in [2.05, 4.69) is 15.6 Å². The molecular formula is C24H23FN4O6S. The molecule has 0 atom stereocenters. The topological polar surface area (TPSA) is 155 Å². The van der Waals surface area contributed by atoms with Crippen LogP contribution in [0.5, 0.6) is 0 Å². The second-order valence-electron chi connectivity index (χ2n) is 7.50. The zero-order valence-electron chi connectivity index (χ0n) is 18.9. The van der Waals surface area contributed by atoms with Gasteiger partial charge in [-0.05, 0) is 60.5 Å². The van der Waals surface area contributed by atoms with Gasteiger partial charge in [0.15, 0.2) is 0 Å². The molecule has 0 spiro atoms. The van der Waals surface area contributed by atoms with Gasteiger partial charge in [0.05, 0.1) is 17.1 Å². The lowest BCUT2D eigenvalue weighted by atomic mass is 10.1. The zero-order chi connectivity index (χ0) is 26.1. The highest BCUT2D eigenvalue weighted by Gasteiger charge is 2.20. The third kappa shape index (κ3) is 7.17. The summed E-state index contributed by atoms with van der Waals surface area (Å²) in [6.45, 7) is 0.0984. The third-order valence-electron chi connectivity index (χ3n) is 4.92. The molecule has 0 saturated carbocycles. The van der Waals surface area contributed by atoms with Crippen LogP contribution >= 0.6 is 0 Å². The SMILES string of the molecule is O=C(NCCc1ccc(F)cc1)c1ccc(S(=O)(=O)NC(=O)c2ccc(C(=O)NCCO)nc2)cc1. The van der Waals surface area contributed by atoms with Gasteiger partial charge in [0.1, 0.15) is 11.5 Å². The predicted octanol–water partition coefficient (Wildman–Crippen LogP) is 1.03. The Bertz CT molecular complexity index is 1330. The summed E-state index contributed by atoms with van der Waals surface area (Å²) in [6, 6.07) is 13.4. The molecular weight excluding hydrogens is 491 g/mol. The van der Waals surface area contributed by atoms with E-state index in [0.717, 1.165) is 11.8 Å². The fraction of sp³-hybridized carbons (Fsp3) is 0.167. The highest BCUT2D eigenvalue weighted by molar-refractivity contribution is 7.90. The monoisotopic (exact) mass is 514 g/mol. The molecule has 36 heavy (non-hydrogen) atoms. The van der Waals surface area contributed by atoms with Crippen LogP contribution in [0.25, 0.3) is 0 Å². The molecule has 0 aliphatic heterocycles. The van der Waals surface area contributed by atoms with Gasteiger partial charge in [0, 0.05) is 24.8 Å². The summed E-state index contributed by atoms with van der Waals surface area (Å²) in [5.74, 6) is -2.27. The lowest BCUT2D eigenvalue weighted by Crippen LogP contribution is -2.31. The zero-order valence-corrected chi connectivity index (χ0v) is 19.7. The van der Waals surface area contributed by atoms with Crippen molar-refractivity contribution in [2.45, 2.75) is 11.3 Å². The summed E-state index contributed by atoms with van der Waals surface area (Å²) < 4.78 is 40.0. The van der Waals surface area contributed by atoms with E-state index in [9.17, 15) is 27.2 Å². The van der Waals surface area contributed by atoms with E-state index in [1.807, 2.05) is 4.72 Å². The Kier molecular flexibility index (Phi) is 8.81. The lowest BCUT2D eigenvalue weighted by Gasteiger charge is -2.09. The maximum Gasteiger partial charge on any atom is 0.269 e. The van der Waals surface area contributed by atoms with Crippen molar-refractivity contribution in [2.24, 2.45) is 0 Å². The number of amides is 3. The maximum absolute atomic E-state index is 12.9. The Morgan fingerprint density at radius 2 is 1.44 bits per heavy atom. The van der Waals surface area contributed by atoms with E-state index in [0.29, 0.717) is 13.0 Å². The minimum Gasteiger partial charge on any atom is -0.395 e. The number of halogens is 1.